The van der Waals surface area contributed by atoms with Crippen molar-refractivity contribution in [2.75, 3.05) is 7.11 Å². The molecule has 138 valence electrons. The Kier molecular flexibility index (Phi) is 6.05. The van der Waals surface area contributed by atoms with Gasteiger partial charge in [-0.25, -0.2) is 0 Å². The van der Waals surface area contributed by atoms with Gasteiger partial charge in [0.15, 0.2) is 14.7 Å². The minimum atomic E-state index is -0.144. The molecule has 0 amide bonds. The fraction of sp³-hybridized carbons (Fsp3) is 0.0400. The van der Waals surface area contributed by atoms with Crippen LogP contribution in [0, 0.1) is 0 Å². The summed E-state index contributed by atoms with van der Waals surface area (Å²) in [5.41, 5.74) is 0. The van der Waals surface area contributed by atoms with E-state index < -0.39 is 0 Å². The second-order valence-electron chi connectivity index (χ2n) is 6.18. The summed E-state index contributed by atoms with van der Waals surface area (Å²) >= 11 is 1.79. The van der Waals surface area contributed by atoms with Crippen molar-refractivity contribution in [1.82, 2.24) is 0 Å². The van der Waals surface area contributed by atoms with Crippen molar-refractivity contribution < 1.29 is 4.74 Å². The average molecular weight is 402 g/mol. The van der Waals surface area contributed by atoms with E-state index in [0.717, 1.165) is 5.75 Å². The molecule has 3 heteroatoms. The van der Waals surface area contributed by atoms with Crippen molar-refractivity contribution in [2.24, 2.45) is 0 Å². The highest BCUT2D eigenvalue weighted by Crippen LogP contribution is 2.34. The van der Waals surface area contributed by atoms with E-state index in [2.05, 4.69) is 91.0 Å². The molecule has 0 radical (unpaired) electrons. The third kappa shape index (κ3) is 4.44. The smallest absolute Gasteiger partial charge is 0.166 e. The normalized spacial score (nSPS) is 11.8. The molecular weight excluding hydrogens is 380 g/mol. The highest BCUT2D eigenvalue weighted by molar-refractivity contribution is 7.99. The SMILES string of the molecule is COc1ccc([S+](c2ccccc2)c2ccc(Sc3ccccc3)cc2)cc1. The molecule has 0 aliphatic rings. The van der Waals surface area contributed by atoms with Crippen molar-refractivity contribution in [2.45, 2.75) is 24.5 Å². The van der Waals surface area contributed by atoms with Gasteiger partial charge >= 0.3 is 0 Å². The van der Waals surface area contributed by atoms with Crippen LogP contribution in [-0.4, -0.2) is 7.11 Å². The van der Waals surface area contributed by atoms with Gasteiger partial charge in [-0.1, -0.05) is 48.2 Å². The van der Waals surface area contributed by atoms with Gasteiger partial charge in [0.05, 0.1) is 18.0 Å². The Balaban J connectivity index is 1.66. The number of rotatable bonds is 6. The number of hydrogen-bond donors (Lipinski definition) is 0. The molecule has 0 bridgehead atoms. The van der Waals surface area contributed by atoms with E-state index in [1.165, 1.54) is 24.5 Å². The van der Waals surface area contributed by atoms with Crippen molar-refractivity contribution in [1.29, 1.82) is 0 Å². The Hall–Kier alpha value is -2.62. The number of ether oxygens (including phenoxy) is 1. The standard InChI is InChI=1S/C25H21OS2/c1-26-20-12-16-24(17-13-20)28(23-10-6-3-7-11-23)25-18-14-22(15-19-25)27-21-8-4-2-5-9-21/h2-19H,1H3/q+1. The van der Waals surface area contributed by atoms with E-state index in [1.807, 2.05) is 18.2 Å². The van der Waals surface area contributed by atoms with Crippen LogP contribution in [0.3, 0.4) is 0 Å². The maximum Gasteiger partial charge on any atom is 0.166 e. The van der Waals surface area contributed by atoms with Gasteiger partial charge in [-0.3, -0.25) is 0 Å². The van der Waals surface area contributed by atoms with Gasteiger partial charge in [0.25, 0.3) is 0 Å². The van der Waals surface area contributed by atoms with E-state index in [9.17, 15) is 0 Å². The van der Waals surface area contributed by atoms with E-state index >= 15 is 0 Å². The summed E-state index contributed by atoms with van der Waals surface area (Å²) in [4.78, 5) is 6.43. The zero-order valence-electron chi connectivity index (χ0n) is 15.6. The molecule has 0 fully saturated rings. The van der Waals surface area contributed by atoms with Crippen LogP contribution in [0.25, 0.3) is 0 Å². The van der Waals surface area contributed by atoms with Crippen molar-refractivity contribution in [3.05, 3.63) is 109 Å². The van der Waals surface area contributed by atoms with Gasteiger partial charge in [-0.2, -0.15) is 0 Å². The predicted molar refractivity (Wildman–Crippen MR) is 119 cm³/mol. The third-order valence-corrected chi connectivity index (χ3v) is 7.56. The second-order valence-corrected chi connectivity index (χ2v) is 9.35. The van der Waals surface area contributed by atoms with Gasteiger partial charge < -0.3 is 4.74 Å². The Bertz CT molecular complexity index is 998. The molecule has 0 aliphatic carbocycles. The van der Waals surface area contributed by atoms with E-state index in [0.29, 0.717) is 0 Å². The lowest BCUT2D eigenvalue weighted by molar-refractivity contribution is 0.414. The summed E-state index contributed by atoms with van der Waals surface area (Å²) in [6.07, 6.45) is 0. The third-order valence-electron chi connectivity index (χ3n) is 4.31. The quantitative estimate of drug-likeness (QED) is 0.324. The summed E-state index contributed by atoms with van der Waals surface area (Å²) in [5.74, 6) is 0.884. The molecule has 28 heavy (non-hydrogen) atoms. The van der Waals surface area contributed by atoms with Crippen LogP contribution >= 0.6 is 11.8 Å². The van der Waals surface area contributed by atoms with E-state index in [1.54, 1.807) is 18.9 Å². The van der Waals surface area contributed by atoms with Gasteiger partial charge in [-0.05, 0) is 72.8 Å². The molecule has 0 saturated carbocycles. The molecule has 0 spiro atoms. The van der Waals surface area contributed by atoms with Crippen LogP contribution in [0.4, 0.5) is 0 Å². The lowest BCUT2D eigenvalue weighted by Crippen LogP contribution is -2.04. The maximum absolute atomic E-state index is 5.33. The summed E-state index contributed by atoms with van der Waals surface area (Å²) < 4.78 is 5.33. The Labute approximate surface area is 173 Å². The van der Waals surface area contributed by atoms with Gasteiger partial charge in [0.2, 0.25) is 0 Å². The lowest BCUT2D eigenvalue weighted by atomic mass is 10.3. The minimum absolute atomic E-state index is 0.144. The average Bonchev–Trinajstić information content (AvgIpc) is 2.77. The van der Waals surface area contributed by atoms with Crippen LogP contribution in [0.5, 0.6) is 5.75 Å². The first-order valence-corrected chi connectivity index (χ1v) is 11.1. The molecule has 1 atom stereocenters. The lowest BCUT2D eigenvalue weighted by Gasteiger charge is -2.09. The van der Waals surface area contributed by atoms with E-state index in [4.69, 9.17) is 4.74 Å². The van der Waals surface area contributed by atoms with Gasteiger partial charge in [0.1, 0.15) is 5.75 Å². The Morgan fingerprint density at radius 2 is 1.00 bits per heavy atom. The fourth-order valence-electron chi connectivity index (χ4n) is 2.95. The number of hydrogen-bond acceptors (Lipinski definition) is 2. The van der Waals surface area contributed by atoms with Gasteiger partial charge in [-0.15, -0.1) is 0 Å². The summed E-state index contributed by atoms with van der Waals surface area (Å²) in [6.45, 7) is 0. The zero-order chi connectivity index (χ0) is 19.2. The van der Waals surface area contributed by atoms with Crippen LogP contribution in [-0.2, 0) is 10.9 Å². The molecule has 4 aromatic carbocycles. The number of benzene rings is 4. The molecule has 1 nitrogen and oxygen atoms in total. The minimum Gasteiger partial charge on any atom is -0.497 e. The molecule has 0 N–H and O–H groups in total. The largest absolute Gasteiger partial charge is 0.497 e. The fourth-order valence-corrected chi connectivity index (χ4v) is 5.84. The summed E-state index contributed by atoms with van der Waals surface area (Å²) in [5, 5.41) is 0. The van der Waals surface area contributed by atoms with Crippen LogP contribution in [0.2, 0.25) is 0 Å². The summed E-state index contributed by atoms with van der Waals surface area (Å²) in [6, 6.07) is 38.6. The molecule has 4 rings (SSSR count). The Morgan fingerprint density at radius 1 is 0.536 bits per heavy atom. The zero-order valence-corrected chi connectivity index (χ0v) is 17.3. The maximum atomic E-state index is 5.33. The Morgan fingerprint density at radius 3 is 1.57 bits per heavy atom. The first-order chi connectivity index (χ1) is 13.8. The first kappa shape index (κ1) is 18.7. The molecule has 0 saturated heterocycles. The topological polar surface area (TPSA) is 9.23 Å². The molecule has 0 aromatic heterocycles. The number of methoxy groups -OCH3 is 1. The first-order valence-electron chi connectivity index (χ1n) is 9.10. The summed E-state index contributed by atoms with van der Waals surface area (Å²) in [7, 11) is 1.56. The molecule has 1 unspecified atom stereocenters. The molecule has 4 aromatic rings. The van der Waals surface area contributed by atoms with Crippen LogP contribution in [0.1, 0.15) is 0 Å². The highest BCUT2D eigenvalue weighted by Gasteiger charge is 2.28. The van der Waals surface area contributed by atoms with Crippen molar-refractivity contribution in [3.8, 4) is 5.75 Å². The van der Waals surface area contributed by atoms with Crippen molar-refractivity contribution in [3.63, 3.8) is 0 Å². The molecule has 0 aliphatic heterocycles. The van der Waals surface area contributed by atoms with Gasteiger partial charge in [0, 0.05) is 9.79 Å². The van der Waals surface area contributed by atoms with Crippen LogP contribution in [0.15, 0.2) is 134 Å². The molecule has 0 heterocycles. The predicted octanol–water partition coefficient (Wildman–Crippen LogP) is 6.94. The van der Waals surface area contributed by atoms with E-state index in [-0.39, 0.29) is 10.9 Å². The molecular formula is C25H21OS2+. The monoisotopic (exact) mass is 401 g/mol. The second kappa shape index (κ2) is 9.05. The highest BCUT2D eigenvalue weighted by atomic mass is 32.2. The van der Waals surface area contributed by atoms with Crippen molar-refractivity contribution >= 4 is 22.7 Å². The van der Waals surface area contributed by atoms with Crippen LogP contribution < -0.4 is 4.74 Å².